The van der Waals surface area contributed by atoms with E-state index in [1.54, 1.807) is 0 Å². The average Bonchev–Trinajstić information content (AvgIpc) is 3.30. The fourth-order valence-electron chi connectivity index (χ4n) is 3.23. The topological polar surface area (TPSA) is 48.0 Å². The van der Waals surface area contributed by atoms with Crippen LogP contribution in [0.15, 0.2) is 48.5 Å². The lowest BCUT2D eigenvalue weighted by Gasteiger charge is -2.09. The first-order valence-electron chi connectivity index (χ1n) is 7.82. The highest BCUT2D eigenvalue weighted by Crippen LogP contribution is 2.39. The van der Waals surface area contributed by atoms with E-state index in [0.29, 0.717) is 16.6 Å². The van der Waals surface area contributed by atoms with Crippen molar-refractivity contribution in [1.29, 1.82) is 0 Å². The molecule has 1 aromatic heterocycles. The standard InChI is InChI=1S/C19H17ClN2O/c20-14-8-9-16-15(10-14)17(13-4-2-1-3-5-13)18(19(21)23)22(16)11-12-6-7-12/h1-5,8-10,12H,6-7,11H2,(H2,21,23). The fraction of sp³-hybridized carbons (Fsp3) is 0.211. The van der Waals surface area contributed by atoms with Crippen LogP contribution in [0.25, 0.3) is 22.0 Å². The molecule has 0 bridgehead atoms. The Balaban J connectivity index is 2.07. The normalized spacial score (nSPS) is 14.3. The van der Waals surface area contributed by atoms with Crippen molar-refractivity contribution in [3.05, 3.63) is 59.2 Å². The maximum Gasteiger partial charge on any atom is 0.266 e. The van der Waals surface area contributed by atoms with Crippen molar-refractivity contribution in [2.75, 3.05) is 0 Å². The van der Waals surface area contributed by atoms with E-state index >= 15 is 0 Å². The highest BCUT2D eigenvalue weighted by Gasteiger charge is 2.28. The molecule has 0 atom stereocenters. The van der Waals surface area contributed by atoms with Gasteiger partial charge in [0.15, 0.2) is 0 Å². The van der Waals surface area contributed by atoms with Crippen molar-refractivity contribution in [3.8, 4) is 11.1 Å². The Bertz CT molecular complexity index is 895. The summed E-state index contributed by atoms with van der Waals surface area (Å²) in [5.74, 6) is 0.250. The number of rotatable bonds is 4. The summed E-state index contributed by atoms with van der Waals surface area (Å²) in [6, 6.07) is 15.7. The zero-order valence-electron chi connectivity index (χ0n) is 12.6. The molecule has 0 radical (unpaired) electrons. The summed E-state index contributed by atoms with van der Waals surface area (Å²) in [6.45, 7) is 0.837. The summed E-state index contributed by atoms with van der Waals surface area (Å²) >= 11 is 6.21. The number of carbonyl (C=O) groups excluding carboxylic acids is 1. The minimum Gasteiger partial charge on any atom is -0.364 e. The molecule has 1 aliphatic carbocycles. The lowest BCUT2D eigenvalue weighted by atomic mass is 10.0. The van der Waals surface area contributed by atoms with Crippen LogP contribution in [0.2, 0.25) is 5.02 Å². The van der Waals surface area contributed by atoms with Gasteiger partial charge in [-0.3, -0.25) is 4.79 Å². The molecule has 4 heteroatoms. The molecule has 1 aliphatic rings. The number of carbonyl (C=O) groups is 1. The van der Waals surface area contributed by atoms with Gasteiger partial charge in [-0.2, -0.15) is 0 Å². The lowest BCUT2D eigenvalue weighted by molar-refractivity contribution is 0.0992. The molecular formula is C19H17ClN2O. The van der Waals surface area contributed by atoms with E-state index in [9.17, 15) is 4.79 Å². The van der Waals surface area contributed by atoms with E-state index in [4.69, 9.17) is 17.3 Å². The van der Waals surface area contributed by atoms with Crippen molar-refractivity contribution in [2.45, 2.75) is 19.4 Å². The maximum absolute atomic E-state index is 12.2. The van der Waals surface area contributed by atoms with Crippen molar-refractivity contribution < 1.29 is 4.79 Å². The van der Waals surface area contributed by atoms with E-state index in [0.717, 1.165) is 28.6 Å². The van der Waals surface area contributed by atoms with Crippen molar-refractivity contribution in [3.63, 3.8) is 0 Å². The predicted molar refractivity (Wildman–Crippen MR) is 93.6 cm³/mol. The number of fused-ring (bicyclic) bond motifs is 1. The fourth-order valence-corrected chi connectivity index (χ4v) is 3.40. The molecule has 0 aliphatic heterocycles. The Hall–Kier alpha value is -2.26. The Morgan fingerprint density at radius 2 is 1.91 bits per heavy atom. The third-order valence-electron chi connectivity index (χ3n) is 4.46. The smallest absolute Gasteiger partial charge is 0.266 e. The van der Waals surface area contributed by atoms with Gasteiger partial charge in [-0.05, 0) is 42.5 Å². The van der Waals surface area contributed by atoms with Crippen LogP contribution < -0.4 is 5.73 Å². The van der Waals surface area contributed by atoms with Crippen molar-refractivity contribution in [2.24, 2.45) is 11.7 Å². The van der Waals surface area contributed by atoms with Crippen LogP contribution in [-0.2, 0) is 6.54 Å². The molecule has 0 unspecified atom stereocenters. The zero-order chi connectivity index (χ0) is 16.0. The first-order valence-corrected chi connectivity index (χ1v) is 8.20. The minimum atomic E-state index is -0.392. The second-order valence-corrected chi connectivity index (χ2v) is 6.61. The summed E-state index contributed by atoms with van der Waals surface area (Å²) in [4.78, 5) is 12.2. The van der Waals surface area contributed by atoms with E-state index in [1.165, 1.54) is 12.8 Å². The van der Waals surface area contributed by atoms with Crippen LogP contribution in [0.4, 0.5) is 0 Å². The summed E-state index contributed by atoms with van der Waals surface area (Å²) in [5.41, 5.74) is 9.24. The SMILES string of the molecule is NC(=O)c1c(-c2ccccc2)c2cc(Cl)ccc2n1CC1CC1. The van der Waals surface area contributed by atoms with Crippen LogP contribution in [0.1, 0.15) is 23.3 Å². The molecule has 3 aromatic rings. The number of halogens is 1. The number of nitrogens with zero attached hydrogens (tertiary/aromatic N) is 1. The van der Waals surface area contributed by atoms with E-state index in [-0.39, 0.29) is 0 Å². The van der Waals surface area contributed by atoms with E-state index in [1.807, 2.05) is 48.5 Å². The average molecular weight is 325 g/mol. The summed E-state index contributed by atoms with van der Waals surface area (Å²) in [7, 11) is 0. The summed E-state index contributed by atoms with van der Waals surface area (Å²) in [5, 5.41) is 1.65. The molecule has 1 amide bonds. The number of aromatic nitrogens is 1. The van der Waals surface area contributed by atoms with Crippen LogP contribution in [0.5, 0.6) is 0 Å². The molecule has 1 heterocycles. The molecule has 0 spiro atoms. The van der Waals surface area contributed by atoms with Crippen LogP contribution in [0.3, 0.4) is 0 Å². The quantitative estimate of drug-likeness (QED) is 0.756. The van der Waals surface area contributed by atoms with Gasteiger partial charge in [0.1, 0.15) is 5.69 Å². The number of hydrogen-bond acceptors (Lipinski definition) is 1. The highest BCUT2D eigenvalue weighted by atomic mass is 35.5. The van der Waals surface area contributed by atoms with E-state index < -0.39 is 5.91 Å². The maximum atomic E-state index is 12.2. The van der Waals surface area contributed by atoms with Gasteiger partial charge in [-0.25, -0.2) is 0 Å². The predicted octanol–water partition coefficient (Wildman–Crippen LogP) is 4.47. The van der Waals surface area contributed by atoms with Crippen molar-refractivity contribution >= 4 is 28.4 Å². The molecule has 4 rings (SSSR count). The van der Waals surface area contributed by atoms with Gasteiger partial charge in [0, 0.05) is 28.0 Å². The number of nitrogens with two attached hydrogens (primary N) is 1. The molecule has 116 valence electrons. The van der Waals surface area contributed by atoms with E-state index in [2.05, 4.69) is 4.57 Å². The molecule has 0 saturated heterocycles. The summed E-state index contributed by atoms with van der Waals surface area (Å²) < 4.78 is 2.08. The number of hydrogen-bond donors (Lipinski definition) is 1. The molecule has 2 aromatic carbocycles. The molecule has 1 fully saturated rings. The Morgan fingerprint density at radius 3 is 2.57 bits per heavy atom. The van der Waals surface area contributed by atoms with Gasteiger partial charge in [-0.1, -0.05) is 41.9 Å². The Morgan fingerprint density at radius 1 is 1.17 bits per heavy atom. The lowest BCUT2D eigenvalue weighted by Crippen LogP contribution is -2.18. The molecule has 23 heavy (non-hydrogen) atoms. The van der Waals surface area contributed by atoms with Crippen LogP contribution >= 0.6 is 11.6 Å². The molecule has 2 N–H and O–H groups in total. The van der Waals surface area contributed by atoms with Crippen LogP contribution in [-0.4, -0.2) is 10.5 Å². The van der Waals surface area contributed by atoms with Gasteiger partial charge < -0.3 is 10.3 Å². The van der Waals surface area contributed by atoms with Gasteiger partial charge in [0.25, 0.3) is 5.91 Å². The van der Waals surface area contributed by atoms with Gasteiger partial charge in [0.2, 0.25) is 0 Å². The van der Waals surface area contributed by atoms with Gasteiger partial charge in [0.05, 0.1) is 0 Å². The zero-order valence-corrected chi connectivity index (χ0v) is 13.4. The Labute approximate surface area is 139 Å². The van der Waals surface area contributed by atoms with Gasteiger partial charge in [-0.15, -0.1) is 0 Å². The monoisotopic (exact) mass is 324 g/mol. The largest absolute Gasteiger partial charge is 0.364 e. The van der Waals surface area contributed by atoms with Gasteiger partial charge >= 0.3 is 0 Å². The first kappa shape index (κ1) is 14.3. The molecule has 3 nitrogen and oxygen atoms in total. The molecular weight excluding hydrogens is 308 g/mol. The Kier molecular flexibility index (Phi) is 3.38. The van der Waals surface area contributed by atoms with Crippen molar-refractivity contribution in [1.82, 2.24) is 4.57 Å². The second-order valence-electron chi connectivity index (χ2n) is 6.17. The highest BCUT2D eigenvalue weighted by molar-refractivity contribution is 6.31. The third-order valence-corrected chi connectivity index (χ3v) is 4.69. The molecule has 1 saturated carbocycles. The number of amides is 1. The number of benzene rings is 2. The van der Waals surface area contributed by atoms with Crippen LogP contribution in [0, 0.1) is 5.92 Å². The first-order chi connectivity index (χ1) is 11.1. The minimum absolute atomic E-state index is 0.392. The summed E-state index contributed by atoms with van der Waals surface area (Å²) in [6.07, 6.45) is 2.43. The number of primary amides is 1. The third kappa shape index (κ3) is 2.51. The second kappa shape index (κ2) is 5.43.